The standard InChI is InChI=1S/C33H35N7O4S/c1-4-44-31(41)23-9-12-33(42,13-10-23)32-35-18-28(45-32)26-15-21(2)16-30(36-26)37-29-17-24(11-14-34-29)27-20-40(39-38-27)19-22-5-7-25(43-3)8-6-22/h5-8,11,14-18,20,23,42H,4,9-10,12-13,19H2,1-3H3,(H,34,36,37)/t23-,33+. The maximum atomic E-state index is 12.2. The van der Waals surface area contributed by atoms with Gasteiger partial charge >= 0.3 is 5.97 Å². The predicted molar refractivity (Wildman–Crippen MR) is 171 cm³/mol. The number of thiazole rings is 1. The molecule has 11 nitrogen and oxygen atoms in total. The van der Waals surface area contributed by atoms with Gasteiger partial charge in [-0.2, -0.15) is 0 Å². The first-order valence-electron chi connectivity index (χ1n) is 14.9. The van der Waals surface area contributed by atoms with E-state index < -0.39 is 5.60 Å². The van der Waals surface area contributed by atoms with Gasteiger partial charge in [-0.1, -0.05) is 17.3 Å². The molecule has 0 radical (unpaired) electrons. The van der Waals surface area contributed by atoms with E-state index in [9.17, 15) is 9.90 Å². The smallest absolute Gasteiger partial charge is 0.308 e. The van der Waals surface area contributed by atoms with Crippen LogP contribution >= 0.6 is 11.3 Å². The van der Waals surface area contributed by atoms with Crippen molar-refractivity contribution < 1.29 is 19.4 Å². The van der Waals surface area contributed by atoms with Crippen molar-refractivity contribution in [3.05, 3.63) is 83.3 Å². The molecule has 2 N–H and O–H groups in total. The number of esters is 1. The molecule has 0 bridgehead atoms. The Morgan fingerprint density at radius 1 is 1.09 bits per heavy atom. The minimum absolute atomic E-state index is 0.171. The van der Waals surface area contributed by atoms with Crippen LogP contribution in [-0.2, 0) is 21.7 Å². The molecule has 1 aromatic carbocycles. The number of ether oxygens (including phenoxy) is 2. The predicted octanol–water partition coefficient (Wildman–Crippen LogP) is 5.91. The summed E-state index contributed by atoms with van der Waals surface area (Å²) in [5.41, 5.74) is 3.41. The van der Waals surface area contributed by atoms with Crippen molar-refractivity contribution in [2.24, 2.45) is 5.92 Å². The first-order valence-corrected chi connectivity index (χ1v) is 15.7. The lowest BCUT2D eigenvalue weighted by atomic mass is 9.79. The highest BCUT2D eigenvalue weighted by atomic mass is 32.1. The molecule has 0 saturated heterocycles. The van der Waals surface area contributed by atoms with Gasteiger partial charge in [0.05, 0.1) is 42.9 Å². The van der Waals surface area contributed by atoms with E-state index in [1.807, 2.05) is 68.6 Å². The highest BCUT2D eigenvalue weighted by molar-refractivity contribution is 7.15. The number of nitrogens with zero attached hydrogens (tertiary/aromatic N) is 6. The Morgan fingerprint density at radius 3 is 2.64 bits per heavy atom. The monoisotopic (exact) mass is 625 g/mol. The van der Waals surface area contributed by atoms with Crippen LogP contribution in [0.1, 0.15) is 48.7 Å². The average molecular weight is 626 g/mol. The summed E-state index contributed by atoms with van der Waals surface area (Å²) in [6.07, 6.45) is 7.48. The van der Waals surface area contributed by atoms with Crippen LogP contribution in [0.4, 0.5) is 11.6 Å². The van der Waals surface area contributed by atoms with Gasteiger partial charge in [-0.05, 0) is 87.1 Å². The van der Waals surface area contributed by atoms with E-state index in [1.165, 1.54) is 11.3 Å². The van der Waals surface area contributed by atoms with E-state index in [2.05, 4.69) is 25.6 Å². The summed E-state index contributed by atoms with van der Waals surface area (Å²) in [6.45, 7) is 4.77. The van der Waals surface area contributed by atoms with Crippen LogP contribution in [0.2, 0.25) is 0 Å². The Kier molecular flexibility index (Phi) is 8.85. The van der Waals surface area contributed by atoms with E-state index >= 15 is 0 Å². The topological polar surface area (TPSA) is 137 Å². The fraction of sp³-hybridized carbons (Fsp3) is 0.333. The summed E-state index contributed by atoms with van der Waals surface area (Å²) in [5.74, 6) is 1.72. The van der Waals surface area contributed by atoms with E-state index in [0.717, 1.165) is 38.7 Å². The largest absolute Gasteiger partial charge is 0.497 e. The molecule has 1 saturated carbocycles. The SMILES string of the molecule is CCOC(=O)[C@H]1CC[C@](O)(c2ncc(-c3cc(C)cc(Nc4cc(-c5cn(Cc6ccc(OC)cc6)nn5)ccn4)n3)s2)CC1. The lowest BCUT2D eigenvalue weighted by molar-refractivity contribution is -0.151. The van der Waals surface area contributed by atoms with Gasteiger partial charge in [0.1, 0.15) is 33.7 Å². The van der Waals surface area contributed by atoms with Crippen molar-refractivity contribution in [3.8, 4) is 27.6 Å². The second-order valence-electron chi connectivity index (χ2n) is 11.2. The molecule has 45 heavy (non-hydrogen) atoms. The summed E-state index contributed by atoms with van der Waals surface area (Å²) in [4.78, 5) is 26.9. The molecule has 0 spiro atoms. The van der Waals surface area contributed by atoms with E-state index in [4.69, 9.17) is 14.5 Å². The second-order valence-corrected chi connectivity index (χ2v) is 12.2. The summed E-state index contributed by atoms with van der Waals surface area (Å²) in [7, 11) is 1.65. The highest BCUT2D eigenvalue weighted by Crippen LogP contribution is 2.43. The molecule has 0 unspecified atom stereocenters. The Hall–Kier alpha value is -4.68. The zero-order valence-electron chi connectivity index (χ0n) is 25.4. The van der Waals surface area contributed by atoms with Crippen LogP contribution in [0.15, 0.2) is 67.1 Å². The molecule has 232 valence electrons. The number of hydrogen-bond donors (Lipinski definition) is 2. The number of aliphatic hydroxyl groups is 1. The first kappa shape index (κ1) is 30.4. The quantitative estimate of drug-likeness (QED) is 0.180. The van der Waals surface area contributed by atoms with Gasteiger partial charge in [0.25, 0.3) is 0 Å². The van der Waals surface area contributed by atoms with Gasteiger partial charge in [-0.3, -0.25) is 4.79 Å². The number of nitrogens with one attached hydrogen (secondary N) is 1. The normalized spacial score (nSPS) is 18.0. The number of anilines is 2. The molecule has 6 rings (SSSR count). The van der Waals surface area contributed by atoms with Crippen LogP contribution in [0.5, 0.6) is 5.75 Å². The number of aryl methyl sites for hydroxylation is 1. The van der Waals surface area contributed by atoms with Gasteiger partial charge in [0, 0.05) is 18.0 Å². The number of carbonyl (C=O) groups excluding carboxylic acids is 1. The van der Waals surface area contributed by atoms with Crippen molar-refractivity contribution in [1.82, 2.24) is 29.9 Å². The third-order valence-corrected chi connectivity index (χ3v) is 9.13. The Bertz CT molecular complexity index is 1780. The first-order chi connectivity index (χ1) is 21.8. The van der Waals surface area contributed by atoms with Crippen LogP contribution in [-0.4, -0.2) is 54.7 Å². The van der Waals surface area contributed by atoms with Gasteiger partial charge < -0.3 is 19.9 Å². The number of hydrogen-bond acceptors (Lipinski definition) is 11. The molecule has 12 heteroatoms. The summed E-state index contributed by atoms with van der Waals surface area (Å²) in [6, 6.07) is 15.6. The third kappa shape index (κ3) is 7.02. The van der Waals surface area contributed by atoms with Gasteiger partial charge in [0.15, 0.2) is 0 Å². The highest BCUT2D eigenvalue weighted by Gasteiger charge is 2.39. The number of aromatic nitrogens is 6. The lowest BCUT2D eigenvalue weighted by Gasteiger charge is -2.33. The molecule has 1 aliphatic carbocycles. The van der Waals surface area contributed by atoms with Crippen LogP contribution < -0.4 is 10.1 Å². The Balaban J connectivity index is 1.14. The van der Waals surface area contributed by atoms with Crippen molar-refractivity contribution in [2.75, 3.05) is 19.0 Å². The summed E-state index contributed by atoms with van der Waals surface area (Å²) in [5, 5.41) is 24.0. The third-order valence-electron chi connectivity index (χ3n) is 7.91. The number of pyridine rings is 2. The number of carbonyl (C=O) groups is 1. The second kappa shape index (κ2) is 13.1. The summed E-state index contributed by atoms with van der Waals surface area (Å²) < 4.78 is 12.2. The minimum atomic E-state index is -1.06. The molecule has 0 atom stereocenters. The van der Waals surface area contributed by atoms with Crippen molar-refractivity contribution in [2.45, 2.75) is 51.7 Å². The molecule has 4 aromatic heterocycles. The Morgan fingerprint density at radius 2 is 1.89 bits per heavy atom. The van der Waals surface area contributed by atoms with Crippen LogP contribution in [0.25, 0.3) is 21.8 Å². The maximum Gasteiger partial charge on any atom is 0.308 e. The maximum absolute atomic E-state index is 12.2. The van der Waals surface area contributed by atoms with Crippen LogP contribution in [0, 0.1) is 12.8 Å². The van der Waals surface area contributed by atoms with Gasteiger partial charge in [0.2, 0.25) is 0 Å². The molecular formula is C33H35N7O4S. The zero-order chi connectivity index (χ0) is 31.4. The van der Waals surface area contributed by atoms with Crippen molar-refractivity contribution in [3.63, 3.8) is 0 Å². The molecule has 0 amide bonds. The number of rotatable bonds is 10. The molecule has 1 aliphatic rings. The molecule has 5 aromatic rings. The van der Waals surface area contributed by atoms with Crippen molar-refractivity contribution in [1.29, 1.82) is 0 Å². The molecule has 1 fully saturated rings. The lowest BCUT2D eigenvalue weighted by Crippen LogP contribution is -2.34. The fourth-order valence-corrected chi connectivity index (χ4v) is 6.51. The van der Waals surface area contributed by atoms with E-state index in [1.54, 1.807) is 24.2 Å². The Labute approximate surface area is 265 Å². The summed E-state index contributed by atoms with van der Waals surface area (Å²) >= 11 is 1.43. The van der Waals surface area contributed by atoms with Gasteiger partial charge in [-0.15, -0.1) is 16.4 Å². The molecule has 4 heterocycles. The number of benzene rings is 1. The minimum Gasteiger partial charge on any atom is -0.497 e. The van der Waals surface area contributed by atoms with Crippen molar-refractivity contribution >= 4 is 28.9 Å². The van der Waals surface area contributed by atoms with E-state index in [-0.39, 0.29) is 11.9 Å². The van der Waals surface area contributed by atoms with Crippen LogP contribution in [0.3, 0.4) is 0 Å². The zero-order valence-corrected chi connectivity index (χ0v) is 26.3. The van der Waals surface area contributed by atoms with Gasteiger partial charge in [-0.25, -0.2) is 19.6 Å². The number of methoxy groups -OCH3 is 1. The fourth-order valence-electron chi connectivity index (χ4n) is 5.49. The van der Waals surface area contributed by atoms with E-state index in [0.29, 0.717) is 55.5 Å². The molecule has 0 aliphatic heterocycles. The molecular weight excluding hydrogens is 590 g/mol. The average Bonchev–Trinajstić information content (AvgIpc) is 3.73.